The summed E-state index contributed by atoms with van der Waals surface area (Å²) >= 11 is 0. The summed E-state index contributed by atoms with van der Waals surface area (Å²) in [6.07, 6.45) is 2.85. The van der Waals surface area contributed by atoms with E-state index < -0.39 is 0 Å². The molecular formula is C19H21N3O3. The number of amides is 1. The summed E-state index contributed by atoms with van der Waals surface area (Å²) in [5.74, 6) is 1.10. The molecule has 130 valence electrons. The predicted octanol–water partition coefficient (Wildman–Crippen LogP) is 2.13. The second-order valence-electron chi connectivity index (χ2n) is 6.60. The Kier molecular flexibility index (Phi) is 4.38. The van der Waals surface area contributed by atoms with E-state index in [0.29, 0.717) is 30.5 Å². The summed E-state index contributed by atoms with van der Waals surface area (Å²) in [6.45, 7) is 2.62. The van der Waals surface area contributed by atoms with Gasteiger partial charge < -0.3 is 15.1 Å². The molecule has 1 atom stereocenters. The van der Waals surface area contributed by atoms with Gasteiger partial charge in [0, 0.05) is 36.9 Å². The quantitative estimate of drug-likeness (QED) is 0.645. The molecule has 6 nitrogen and oxygen atoms in total. The number of ketones is 1. The Morgan fingerprint density at radius 2 is 1.92 bits per heavy atom. The highest BCUT2D eigenvalue weighted by atomic mass is 16.3. The molecule has 1 aromatic carbocycles. The van der Waals surface area contributed by atoms with Crippen LogP contribution < -0.4 is 10.6 Å². The molecule has 1 unspecified atom stereocenters. The van der Waals surface area contributed by atoms with Gasteiger partial charge in [-0.1, -0.05) is 0 Å². The number of anilines is 1. The van der Waals surface area contributed by atoms with Gasteiger partial charge in [0.05, 0.1) is 6.04 Å². The number of carbonyl (C=O) groups is 2. The number of hydrogen-bond donors (Lipinski definition) is 2. The zero-order chi connectivity index (χ0) is 17.2. The van der Waals surface area contributed by atoms with Crippen molar-refractivity contribution in [3.05, 3.63) is 42.2 Å². The normalized spacial score (nSPS) is 25.4. The zero-order valence-corrected chi connectivity index (χ0v) is 13.9. The highest BCUT2D eigenvalue weighted by molar-refractivity contribution is 5.98. The minimum absolute atomic E-state index is 0.0422. The molecule has 3 fully saturated rings. The molecule has 0 aliphatic carbocycles. The van der Waals surface area contributed by atoms with Crippen LogP contribution in [0.25, 0.3) is 11.3 Å². The lowest BCUT2D eigenvalue weighted by molar-refractivity contribution is -0.105. The smallest absolute Gasteiger partial charge is 0.216 e. The van der Waals surface area contributed by atoms with Gasteiger partial charge in [0.15, 0.2) is 5.76 Å². The molecule has 6 heteroatoms. The summed E-state index contributed by atoms with van der Waals surface area (Å²) in [5, 5.41) is 6.09. The first-order valence-corrected chi connectivity index (χ1v) is 8.67. The number of hydrogen-bond acceptors (Lipinski definition) is 5. The molecule has 3 saturated heterocycles. The van der Waals surface area contributed by atoms with Gasteiger partial charge in [0.2, 0.25) is 12.2 Å². The standard InChI is InChI=1S/C19H21N3O3/c23-12-21-14-3-1-13(2-4-14)17-5-6-18(25-17)19(24)16-11-20-15-7-9-22(16)10-8-15/h1-6,12,15-16,20H,7-11H2,(H,21,23). The third-order valence-electron chi connectivity index (χ3n) is 5.12. The fourth-order valence-corrected chi connectivity index (χ4v) is 3.67. The van der Waals surface area contributed by atoms with Crippen molar-refractivity contribution in [2.45, 2.75) is 24.9 Å². The van der Waals surface area contributed by atoms with Crippen molar-refractivity contribution in [3.63, 3.8) is 0 Å². The molecule has 0 saturated carbocycles. The van der Waals surface area contributed by atoms with Gasteiger partial charge in [-0.15, -0.1) is 0 Å². The average Bonchev–Trinajstić information content (AvgIpc) is 2.95. The number of fused-ring (bicyclic) bond motifs is 4. The molecule has 25 heavy (non-hydrogen) atoms. The van der Waals surface area contributed by atoms with Gasteiger partial charge in [-0.05, 0) is 49.2 Å². The summed E-state index contributed by atoms with van der Waals surface area (Å²) < 4.78 is 5.84. The van der Waals surface area contributed by atoms with E-state index in [-0.39, 0.29) is 11.8 Å². The highest BCUT2D eigenvalue weighted by Gasteiger charge is 2.35. The van der Waals surface area contributed by atoms with E-state index in [4.69, 9.17) is 4.42 Å². The maximum absolute atomic E-state index is 12.9. The van der Waals surface area contributed by atoms with E-state index in [1.54, 1.807) is 18.2 Å². The molecule has 3 aliphatic heterocycles. The van der Waals surface area contributed by atoms with Crippen LogP contribution in [0.5, 0.6) is 0 Å². The summed E-state index contributed by atoms with van der Waals surface area (Å²) in [7, 11) is 0. The second kappa shape index (κ2) is 6.82. The van der Waals surface area contributed by atoms with E-state index in [2.05, 4.69) is 15.5 Å². The van der Waals surface area contributed by atoms with Crippen molar-refractivity contribution in [1.82, 2.24) is 10.2 Å². The summed E-state index contributed by atoms with van der Waals surface area (Å²) in [5.41, 5.74) is 1.59. The summed E-state index contributed by atoms with van der Waals surface area (Å²) in [4.78, 5) is 25.6. The minimum atomic E-state index is -0.148. The van der Waals surface area contributed by atoms with Crippen molar-refractivity contribution in [1.29, 1.82) is 0 Å². The van der Waals surface area contributed by atoms with Gasteiger partial charge in [-0.3, -0.25) is 14.5 Å². The summed E-state index contributed by atoms with van der Waals surface area (Å²) in [6, 6.07) is 11.3. The van der Waals surface area contributed by atoms with E-state index in [0.717, 1.165) is 37.2 Å². The monoisotopic (exact) mass is 339 g/mol. The van der Waals surface area contributed by atoms with Crippen LogP contribution in [0, 0.1) is 0 Å². The largest absolute Gasteiger partial charge is 0.453 e. The third kappa shape index (κ3) is 3.23. The molecule has 1 aromatic heterocycles. The third-order valence-corrected chi connectivity index (χ3v) is 5.12. The molecule has 2 aromatic rings. The lowest BCUT2D eigenvalue weighted by Gasteiger charge is -2.30. The number of rotatable bonds is 5. The lowest BCUT2D eigenvalue weighted by atomic mass is 10.0. The topological polar surface area (TPSA) is 74.6 Å². The van der Waals surface area contributed by atoms with Gasteiger partial charge in [-0.25, -0.2) is 0 Å². The van der Waals surface area contributed by atoms with Crippen LogP contribution in [-0.2, 0) is 4.79 Å². The number of piperidine rings is 1. The van der Waals surface area contributed by atoms with Crippen LogP contribution in [0.2, 0.25) is 0 Å². The van der Waals surface area contributed by atoms with E-state index >= 15 is 0 Å². The Morgan fingerprint density at radius 3 is 2.64 bits per heavy atom. The minimum Gasteiger partial charge on any atom is -0.453 e. The first-order valence-electron chi connectivity index (χ1n) is 8.67. The number of benzene rings is 1. The van der Waals surface area contributed by atoms with Gasteiger partial charge in [0.1, 0.15) is 5.76 Å². The van der Waals surface area contributed by atoms with Gasteiger partial charge in [0.25, 0.3) is 0 Å². The molecule has 5 rings (SSSR count). The fraction of sp³-hybridized carbons (Fsp3) is 0.368. The molecule has 1 amide bonds. The Balaban J connectivity index is 1.52. The van der Waals surface area contributed by atoms with Crippen molar-refractivity contribution >= 4 is 17.9 Å². The Bertz CT molecular complexity index is 760. The molecule has 2 N–H and O–H groups in total. The molecule has 0 radical (unpaired) electrons. The zero-order valence-electron chi connectivity index (χ0n) is 13.9. The Hall–Kier alpha value is -2.44. The van der Waals surface area contributed by atoms with Crippen LogP contribution in [0.4, 0.5) is 5.69 Å². The van der Waals surface area contributed by atoms with Crippen LogP contribution in [-0.4, -0.2) is 48.8 Å². The number of nitrogens with one attached hydrogen (secondary N) is 2. The van der Waals surface area contributed by atoms with Crippen LogP contribution >= 0.6 is 0 Å². The number of Topliss-reactive ketones (excluding diaryl/α,β-unsaturated/α-hetero) is 1. The first-order chi connectivity index (χ1) is 12.2. The maximum atomic E-state index is 12.9. The molecule has 2 bridgehead atoms. The van der Waals surface area contributed by atoms with E-state index in [1.807, 2.05) is 18.2 Å². The molecule has 3 aliphatic rings. The maximum Gasteiger partial charge on any atom is 0.216 e. The van der Waals surface area contributed by atoms with Crippen molar-refractivity contribution < 1.29 is 14.0 Å². The first kappa shape index (κ1) is 16.1. The Labute approximate surface area is 146 Å². The number of furan rings is 1. The lowest BCUT2D eigenvalue weighted by Crippen LogP contribution is -2.44. The number of nitrogens with zero attached hydrogens (tertiary/aromatic N) is 1. The van der Waals surface area contributed by atoms with Crippen LogP contribution in [0.15, 0.2) is 40.8 Å². The van der Waals surface area contributed by atoms with Crippen LogP contribution in [0.3, 0.4) is 0 Å². The predicted molar refractivity (Wildman–Crippen MR) is 94.5 cm³/mol. The van der Waals surface area contributed by atoms with Gasteiger partial charge in [-0.2, -0.15) is 0 Å². The second-order valence-corrected chi connectivity index (χ2v) is 6.60. The van der Waals surface area contributed by atoms with E-state index in [9.17, 15) is 9.59 Å². The van der Waals surface area contributed by atoms with E-state index in [1.165, 1.54) is 0 Å². The SMILES string of the molecule is O=CNc1ccc(-c2ccc(C(=O)C3CNC4CCN3CC4)o2)cc1. The molecular weight excluding hydrogens is 318 g/mol. The van der Waals surface area contributed by atoms with Crippen molar-refractivity contribution in [3.8, 4) is 11.3 Å². The van der Waals surface area contributed by atoms with Crippen molar-refractivity contribution in [2.24, 2.45) is 0 Å². The Morgan fingerprint density at radius 1 is 1.16 bits per heavy atom. The highest BCUT2D eigenvalue weighted by Crippen LogP contribution is 2.26. The average molecular weight is 339 g/mol. The number of carbonyl (C=O) groups excluding carboxylic acids is 2. The van der Waals surface area contributed by atoms with Crippen molar-refractivity contribution in [2.75, 3.05) is 25.0 Å². The molecule has 0 spiro atoms. The fourth-order valence-electron chi connectivity index (χ4n) is 3.67. The molecule has 4 heterocycles. The van der Waals surface area contributed by atoms with Crippen LogP contribution in [0.1, 0.15) is 23.4 Å². The van der Waals surface area contributed by atoms with Gasteiger partial charge >= 0.3 is 0 Å².